The molecule has 0 unspecified atom stereocenters. The van der Waals surface area contributed by atoms with Gasteiger partial charge in [-0.1, -0.05) is 12.1 Å². The summed E-state index contributed by atoms with van der Waals surface area (Å²) in [4.78, 5) is 17.3. The number of rotatable bonds is 7. The number of nitrogens with one attached hydrogen (secondary N) is 1. The maximum atomic E-state index is 12.7. The maximum absolute atomic E-state index is 12.7. The molecule has 0 saturated carbocycles. The molecular formula is C25H23N3O5S. The molecule has 2 heterocycles. The Labute approximate surface area is 197 Å². The lowest BCUT2D eigenvalue weighted by molar-refractivity contribution is 0.0730. The summed E-state index contributed by atoms with van der Waals surface area (Å²) in [5.41, 5.74) is 3.59. The molecule has 0 bridgehead atoms. The summed E-state index contributed by atoms with van der Waals surface area (Å²) in [5, 5.41) is 3.10. The second-order valence-electron chi connectivity index (χ2n) is 7.88. The zero-order chi connectivity index (χ0) is 23.5. The zero-order valence-corrected chi connectivity index (χ0v) is 19.1. The van der Waals surface area contributed by atoms with Crippen molar-refractivity contribution in [1.29, 1.82) is 0 Å². The van der Waals surface area contributed by atoms with Crippen molar-refractivity contribution in [1.82, 2.24) is 9.29 Å². The van der Waals surface area contributed by atoms with Gasteiger partial charge in [-0.25, -0.2) is 13.4 Å². The van der Waals surface area contributed by atoms with Crippen molar-refractivity contribution in [2.24, 2.45) is 0 Å². The number of hydrogen-bond donors (Lipinski definition) is 1. The molecule has 0 radical (unpaired) electrons. The van der Waals surface area contributed by atoms with Crippen LogP contribution in [0.25, 0.3) is 22.6 Å². The fourth-order valence-electron chi connectivity index (χ4n) is 3.76. The van der Waals surface area contributed by atoms with E-state index < -0.39 is 10.0 Å². The average molecular weight is 478 g/mol. The lowest BCUT2D eigenvalue weighted by Crippen LogP contribution is -2.40. The van der Waals surface area contributed by atoms with Crippen LogP contribution >= 0.6 is 0 Å². The van der Waals surface area contributed by atoms with Crippen molar-refractivity contribution in [3.63, 3.8) is 0 Å². The van der Waals surface area contributed by atoms with Crippen molar-refractivity contribution in [3.05, 3.63) is 78.4 Å². The van der Waals surface area contributed by atoms with E-state index in [0.29, 0.717) is 37.8 Å². The van der Waals surface area contributed by atoms with Gasteiger partial charge in [-0.05, 0) is 60.7 Å². The third-order valence-electron chi connectivity index (χ3n) is 5.66. The van der Waals surface area contributed by atoms with E-state index in [9.17, 15) is 13.2 Å². The highest BCUT2D eigenvalue weighted by molar-refractivity contribution is 7.89. The lowest BCUT2D eigenvalue weighted by Gasteiger charge is -2.26. The van der Waals surface area contributed by atoms with Gasteiger partial charge in [-0.2, -0.15) is 4.31 Å². The van der Waals surface area contributed by atoms with Crippen LogP contribution in [0.4, 0.5) is 5.69 Å². The Balaban J connectivity index is 1.21. The lowest BCUT2D eigenvalue weighted by atomic mass is 10.1. The van der Waals surface area contributed by atoms with Gasteiger partial charge in [0.25, 0.3) is 0 Å². The van der Waals surface area contributed by atoms with Gasteiger partial charge in [-0.15, -0.1) is 0 Å². The molecular weight excluding hydrogens is 454 g/mol. The molecule has 8 nitrogen and oxygen atoms in total. The molecule has 0 spiro atoms. The molecule has 3 aromatic carbocycles. The van der Waals surface area contributed by atoms with Gasteiger partial charge in [-0.3, -0.25) is 4.79 Å². The monoisotopic (exact) mass is 477 g/mol. The first-order valence-corrected chi connectivity index (χ1v) is 12.4. The first-order valence-electron chi connectivity index (χ1n) is 10.9. The molecule has 1 N–H and O–H groups in total. The van der Waals surface area contributed by atoms with Crippen molar-refractivity contribution < 1.29 is 22.4 Å². The number of para-hydroxylation sites is 2. The number of carbonyl (C=O) groups is 1. The van der Waals surface area contributed by atoms with E-state index in [1.165, 1.54) is 16.4 Å². The van der Waals surface area contributed by atoms with Crippen LogP contribution in [-0.4, -0.2) is 56.3 Å². The molecule has 1 aliphatic rings. The molecule has 174 valence electrons. The molecule has 1 aromatic heterocycles. The molecule has 1 aliphatic heterocycles. The summed E-state index contributed by atoms with van der Waals surface area (Å²) in [6.45, 7) is 1.52. The van der Waals surface area contributed by atoms with Crippen LogP contribution in [0.1, 0.15) is 10.4 Å². The zero-order valence-electron chi connectivity index (χ0n) is 18.3. The number of carbonyl (C=O) groups excluding carboxylic acids is 1. The summed E-state index contributed by atoms with van der Waals surface area (Å²) in [7, 11) is -3.58. The Morgan fingerprint density at radius 2 is 1.65 bits per heavy atom. The van der Waals surface area contributed by atoms with E-state index in [4.69, 9.17) is 9.15 Å². The normalized spacial score (nSPS) is 14.8. The summed E-state index contributed by atoms with van der Waals surface area (Å²) in [5.74, 6) is 0.397. The van der Waals surface area contributed by atoms with Crippen LogP contribution < -0.4 is 5.32 Å². The smallest absolute Gasteiger partial charge is 0.243 e. The Bertz CT molecular complexity index is 1370. The van der Waals surface area contributed by atoms with Crippen LogP contribution in [0, 0.1) is 0 Å². The molecule has 34 heavy (non-hydrogen) atoms. The highest BCUT2D eigenvalue weighted by Gasteiger charge is 2.26. The molecule has 5 rings (SSSR count). The Morgan fingerprint density at radius 3 is 2.35 bits per heavy atom. The minimum absolute atomic E-state index is 0.0811. The fraction of sp³-hybridized carbons (Fsp3) is 0.200. The van der Waals surface area contributed by atoms with Gasteiger partial charge in [0.05, 0.1) is 24.7 Å². The Kier molecular flexibility index (Phi) is 6.14. The van der Waals surface area contributed by atoms with E-state index in [1.807, 2.05) is 48.5 Å². The number of sulfonamides is 1. The molecule has 0 atom stereocenters. The standard InChI is InChI=1S/C25H23N3O5S/c29-23(18-7-11-21(12-8-18)34(30,31)28-13-15-32-16-14-28)17-26-20-9-5-19(6-10-20)25-27-22-3-1-2-4-24(22)33-25/h1-12,26H,13-17H2. The van der Waals surface area contributed by atoms with E-state index in [2.05, 4.69) is 10.3 Å². The van der Waals surface area contributed by atoms with Gasteiger partial charge in [0.1, 0.15) is 5.52 Å². The van der Waals surface area contributed by atoms with Crippen LogP contribution in [0.5, 0.6) is 0 Å². The number of fused-ring (bicyclic) bond motifs is 1. The number of morpholine rings is 1. The fourth-order valence-corrected chi connectivity index (χ4v) is 5.17. The molecule has 4 aromatic rings. The number of benzene rings is 3. The number of hydrogen-bond acceptors (Lipinski definition) is 7. The summed E-state index contributed by atoms with van der Waals surface area (Å²) in [6.07, 6.45) is 0. The maximum Gasteiger partial charge on any atom is 0.243 e. The summed E-state index contributed by atoms with van der Waals surface area (Å²) >= 11 is 0. The van der Waals surface area contributed by atoms with Crippen molar-refractivity contribution >= 4 is 32.6 Å². The van der Waals surface area contributed by atoms with Gasteiger partial charge in [0.15, 0.2) is 11.4 Å². The molecule has 1 saturated heterocycles. The summed E-state index contributed by atoms with van der Waals surface area (Å²) < 4.78 is 37.9. The minimum Gasteiger partial charge on any atom is -0.436 e. The highest BCUT2D eigenvalue weighted by Crippen LogP contribution is 2.25. The van der Waals surface area contributed by atoms with Gasteiger partial charge in [0, 0.05) is 29.9 Å². The van der Waals surface area contributed by atoms with E-state index >= 15 is 0 Å². The Hall–Kier alpha value is -3.53. The highest BCUT2D eigenvalue weighted by atomic mass is 32.2. The third-order valence-corrected chi connectivity index (χ3v) is 7.58. The number of nitrogens with zero attached hydrogens (tertiary/aromatic N) is 2. The second-order valence-corrected chi connectivity index (χ2v) is 9.82. The molecule has 0 amide bonds. The summed E-state index contributed by atoms with van der Waals surface area (Å²) in [6, 6.07) is 21.1. The predicted molar refractivity (Wildman–Crippen MR) is 128 cm³/mol. The SMILES string of the molecule is O=C(CNc1ccc(-c2nc3ccccc3o2)cc1)c1ccc(S(=O)(=O)N2CCOCC2)cc1. The topological polar surface area (TPSA) is 102 Å². The van der Waals surface area contributed by atoms with Crippen molar-refractivity contribution in [2.75, 3.05) is 38.2 Å². The van der Waals surface area contributed by atoms with E-state index in [0.717, 1.165) is 22.4 Å². The number of anilines is 1. The van der Waals surface area contributed by atoms with Crippen LogP contribution in [0.15, 0.2) is 82.1 Å². The first-order chi connectivity index (χ1) is 16.5. The predicted octanol–water partition coefficient (Wildman–Crippen LogP) is 3.81. The number of ketones is 1. The number of Topliss-reactive ketones (excluding diaryl/α,β-unsaturated/α-hetero) is 1. The van der Waals surface area contributed by atoms with E-state index in [-0.39, 0.29) is 17.2 Å². The average Bonchev–Trinajstić information content (AvgIpc) is 3.32. The Morgan fingerprint density at radius 1 is 0.941 bits per heavy atom. The van der Waals surface area contributed by atoms with Gasteiger partial charge >= 0.3 is 0 Å². The number of ether oxygens (including phenoxy) is 1. The minimum atomic E-state index is -3.58. The van der Waals surface area contributed by atoms with Crippen molar-refractivity contribution in [2.45, 2.75) is 4.90 Å². The quantitative estimate of drug-likeness (QED) is 0.404. The van der Waals surface area contributed by atoms with Gasteiger partial charge < -0.3 is 14.5 Å². The van der Waals surface area contributed by atoms with E-state index in [1.54, 1.807) is 12.1 Å². The first kappa shape index (κ1) is 22.3. The number of oxazole rings is 1. The third kappa shape index (κ3) is 4.58. The molecule has 0 aliphatic carbocycles. The second kappa shape index (κ2) is 9.38. The number of aromatic nitrogens is 1. The van der Waals surface area contributed by atoms with Crippen LogP contribution in [-0.2, 0) is 14.8 Å². The van der Waals surface area contributed by atoms with Gasteiger partial charge in [0.2, 0.25) is 15.9 Å². The molecule has 1 fully saturated rings. The largest absolute Gasteiger partial charge is 0.436 e. The molecule has 9 heteroatoms. The van der Waals surface area contributed by atoms with Crippen molar-refractivity contribution in [3.8, 4) is 11.5 Å². The van der Waals surface area contributed by atoms with Crippen LogP contribution in [0.2, 0.25) is 0 Å². The van der Waals surface area contributed by atoms with Crippen LogP contribution in [0.3, 0.4) is 0 Å².